The van der Waals surface area contributed by atoms with Crippen molar-refractivity contribution in [2.75, 3.05) is 43.6 Å². The topological polar surface area (TPSA) is 198 Å². The van der Waals surface area contributed by atoms with Gasteiger partial charge in [-0.2, -0.15) is 5.10 Å². The number of carbonyl (C=O) groups excluding carboxylic acids is 3. The third-order valence-electron chi connectivity index (χ3n) is 10.7. The first kappa shape index (κ1) is 42.2. The summed E-state index contributed by atoms with van der Waals surface area (Å²) in [5.74, 6) is -0.649. The molecule has 16 nitrogen and oxygen atoms in total. The van der Waals surface area contributed by atoms with Crippen molar-refractivity contribution in [1.29, 1.82) is 0 Å². The van der Waals surface area contributed by atoms with E-state index >= 15 is 0 Å². The number of halogens is 2. The molecule has 62 heavy (non-hydrogen) atoms. The van der Waals surface area contributed by atoms with Crippen LogP contribution in [0.4, 0.5) is 20.3 Å². The van der Waals surface area contributed by atoms with Gasteiger partial charge in [0.15, 0.2) is 17.0 Å². The highest BCUT2D eigenvalue weighted by Gasteiger charge is 2.31. The molecule has 4 aromatic heterocycles. The van der Waals surface area contributed by atoms with Crippen LogP contribution in [0.2, 0.25) is 0 Å². The lowest BCUT2D eigenvalue weighted by molar-refractivity contribution is -0.135. The summed E-state index contributed by atoms with van der Waals surface area (Å²) in [6.07, 6.45) is 8.05. The van der Waals surface area contributed by atoms with Crippen LogP contribution in [0.25, 0.3) is 28.2 Å². The van der Waals surface area contributed by atoms with E-state index in [9.17, 15) is 28.0 Å². The molecule has 1 saturated carbocycles. The number of nitrogens with zero attached hydrogens (tertiary/aromatic N) is 5. The fourth-order valence-corrected chi connectivity index (χ4v) is 7.21. The zero-order valence-corrected chi connectivity index (χ0v) is 33.8. The smallest absolute Gasteiger partial charge is 0.420 e. The Labute approximate surface area is 354 Å². The first-order chi connectivity index (χ1) is 30.2. The summed E-state index contributed by atoms with van der Waals surface area (Å²) >= 11 is 0. The van der Waals surface area contributed by atoms with Gasteiger partial charge < -0.3 is 28.9 Å². The van der Waals surface area contributed by atoms with Crippen LogP contribution in [-0.4, -0.2) is 75.0 Å². The number of hydrogen-bond donors (Lipinski definition) is 3. The third kappa shape index (κ3) is 10.5. The number of piperidine rings is 1. The molecule has 0 radical (unpaired) electrons. The highest BCUT2D eigenvalue weighted by molar-refractivity contribution is 6.03. The number of benzene rings is 2. The van der Waals surface area contributed by atoms with Gasteiger partial charge in [0.05, 0.1) is 36.3 Å². The van der Waals surface area contributed by atoms with Gasteiger partial charge in [0.1, 0.15) is 18.1 Å². The number of pyridine rings is 1. The summed E-state index contributed by atoms with van der Waals surface area (Å²) in [5.41, 5.74) is 3.37. The number of carbonyl (C=O) groups is 3. The number of rotatable bonds is 21. The number of aromatic nitrogens is 5. The van der Waals surface area contributed by atoms with Gasteiger partial charge in [-0.3, -0.25) is 24.3 Å². The van der Waals surface area contributed by atoms with Crippen LogP contribution in [0.5, 0.6) is 0 Å². The predicted molar refractivity (Wildman–Crippen MR) is 222 cm³/mol. The minimum atomic E-state index is -2.93. The van der Waals surface area contributed by atoms with Crippen molar-refractivity contribution in [2.24, 2.45) is 5.92 Å². The van der Waals surface area contributed by atoms with E-state index in [1.54, 1.807) is 42.6 Å². The minimum Gasteiger partial charge on any atom is -0.444 e. The number of alkyl halides is 2. The Morgan fingerprint density at radius 1 is 0.919 bits per heavy atom. The third-order valence-corrected chi connectivity index (χ3v) is 10.7. The molecular weight excluding hydrogens is 807 g/mol. The van der Waals surface area contributed by atoms with Crippen LogP contribution >= 0.6 is 0 Å². The maximum absolute atomic E-state index is 14.0. The van der Waals surface area contributed by atoms with Crippen molar-refractivity contribution < 1.29 is 41.5 Å². The Bertz CT molecular complexity index is 2580. The fraction of sp³-hybridized carbons (Fsp3) is 0.386. The molecule has 2 fully saturated rings. The molecule has 2 aliphatic rings. The standard InChI is InChI=1S/C44H46F2N8O8/c45-40(46)39-32(49-41(56)33-26-61-43(50-33)30-16-17-47-37(23-30)48-24-29-6-7-29)25-53(52-39)31-11-8-27(9-12-31)4-1-2-18-59-20-21-60-19-3-5-28-10-13-34-36(22-28)62-44(58)54(34)35-14-15-38(55)51-42(35)57/h8-13,16-17,22-23,25-26,29,35,40H,1-7,14-15,18-21,24H2,(H,47,48)(H,49,56)(H,51,55,57). The van der Waals surface area contributed by atoms with E-state index in [1.165, 1.54) is 34.6 Å². The van der Waals surface area contributed by atoms with Crippen molar-refractivity contribution in [3.63, 3.8) is 0 Å². The number of amides is 3. The predicted octanol–water partition coefficient (Wildman–Crippen LogP) is 6.81. The molecule has 8 rings (SSSR count). The number of anilines is 2. The Hall–Kier alpha value is -6.53. The molecule has 1 atom stereocenters. The lowest BCUT2D eigenvalue weighted by Crippen LogP contribution is -2.43. The SMILES string of the molecule is O=C1CCC(n2c(=O)oc3cc(CCCOCCOCCCCc4ccc(-n5cc(NC(=O)c6coc(-c7ccnc(NCC8CC8)c7)n6)c(C(F)F)n5)cc4)ccc32)C(=O)N1. The number of ether oxygens (including phenoxy) is 2. The number of hydrogen-bond acceptors (Lipinski definition) is 12. The van der Waals surface area contributed by atoms with Gasteiger partial charge in [-0.25, -0.2) is 28.2 Å². The molecule has 1 saturated heterocycles. The molecular formula is C44H46F2N8O8. The van der Waals surface area contributed by atoms with E-state index in [0.29, 0.717) is 66.9 Å². The van der Waals surface area contributed by atoms with Gasteiger partial charge in [0.2, 0.25) is 17.7 Å². The van der Waals surface area contributed by atoms with Gasteiger partial charge >= 0.3 is 5.76 Å². The Morgan fingerprint density at radius 3 is 2.47 bits per heavy atom. The lowest BCUT2D eigenvalue weighted by Gasteiger charge is -2.21. The first-order valence-electron chi connectivity index (χ1n) is 20.8. The van der Waals surface area contributed by atoms with Gasteiger partial charge in [-0.15, -0.1) is 0 Å². The summed E-state index contributed by atoms with van der Waals surface area (Å²) in [5, 5.41) is 12.1. The number of imide groups is 1. The first-order valence-corrected chi connectivity index (χ1v) is 20.8. The normalized spacial score (nSPS) is 15.4. The van der Waals surface area contributed by atoms with E-state index in [2.05, 4.69) is 31.0 Å². The molecule has 0 bridgehead atoms. The Balaban J connectivity index is 0.722. The average molecular weight is 853 g/mol. The van der Waals surface area contributed by atoms with Crippen LogP contribution in [0.15, 0.2) is 86.9 Å². The van der Waals surface area contributed by atoms with Crippen molar-refractivity contribution in [1.82, 2.24) is 29.6 Å². The molecule has 1 aliphatic heterocycles. The Morgan fingerprint density at radius 2 is 1.69 bits per heavy atom. The van der Waals surface area contributed by atoms with Gasteiger partial charge in [-0.1, -0.05) is 18.2 Å². The van der Waals surface area contributed by atoms with Crippen LogP contribution < -0.4 is 21.7 Å². The largest absolute Gasteiger partial charge is 0.444 e. The second-order valence-electron chi connectivity index (χ2n) is 15.4. The van der Waals surface area contributed by atoms with Crippen LogP contribution in [-0.2, 0) is 31.9 Å². The monoisotopic (exact) mass is 852 g/mol. The molecule has 18 heteroatoms. The van der Waals surface area contributed by atoms with E-state index in [1.807, 2.05) is 18.2 Å². The summed E-state index contributed by atoms with van der Waals surface area (Å²) in [4.78, 5) is 58.0. The van der Waals surface area contributed by atoms with Crippen LogP contribution in [0, 0.1) is 5.92 Å². The zero-order chi connectivity index (χ0) is 43.0. The van der Waals surface area contributed by atoms with E-state index in [0.717, 1.165) is 43.4 Å². The molecule has 324 valence electrons. The number of oxazole rings is 2. The molecule has 2 aromatic carbocycles. The van der Waals surface area contributed by atoms with Gasteiger partial charge in [0.25, 0.3) is 12.3 Å². The molecule has 1 aliphatic carbocycles. The van der Waals surface area contributed by atoms with Crippen LogP contribution in [0.1, 0.15) is 84.7 Å². The molecule has 3 amide bonds. The molecule has 5 heterocycles. The molecule has 6 aromatic rings. The zero-order valence-electron chi connectivity index (χ0n) is 33.8. The van der Waals surface area contributed by atoms with Crippen molar-refractivity contribution in [3.05, 3.63) is 106 Å². The minimum absolute atomic E-state index is 0.0680. The van der Waals surface area contributed by atoms with E-state index < -0.39 is 35.7 Å². The van der Waals surface area contributed by atoms with Crippen LogP contribution in [0.3, 0.4) is 0 Å². The summed E-state index contributed by atoms with van der Waals surface area (Å²) in [7, 11) is 0. The average Bonchev–Trinajstić information content (AvgIpc) is 3.62. The second-order valence-corrected chi connectivity index (χ2v) is 15.4. The van der Waals surface area contributed by atoms with E-state index in [4.69, 9.17) is 18.3 Å². The quantitative estimate of drug-likeness (QED) is 0.0506. The van der Waals surface area contributed by atoms with Gasteiger partial charge in [0, 0.05) is 37.9 Å². The Kier molecular flexibility index (Phi) is 13.2. The maximum Gasteiger partial charge on any atom is 0.420 e. The molecule has 1 unspecified atom stereocenters. The van der Waals surface area contributed by atoms with Crippen molar-refractivity contribution in [2.45, 2.75) is 70.3 Å². The fourth-order valence-electron chi connectivity index (χ4n) is 7.21. The lowest BCUT2D eigenvalue weighted by atomic mass is 10.1. The highest BCUT2D eigenvalue weighted by Crippen LogP contribution is 2.30. The molecule has 0 spiro atoms. The van der Waals surface area contributed by atoms with E-state index in [-0.39, 0.29) is 36.0 Å². The number of aryl methyl sites for hydroxylation is 2. The van der Waals surface area contributed by atoms with Crippen molar-refractivity contribution in [3.8, 4) is 17.1 Å². The summed E-state index contributed by atoms with van der Waals surface area (Å²) in [6, 6.07) is 15.6. The number of unbranched alkanes of at least 4 members (excludes halogenated alkanes) is 1. The summed E-state index contributed by atoms with van der Waals surface area (Å²) < 4.78 is 53.1. The second kappa shape index (κ2) is 19.5. The number of fused-ring (bicyclic) bond motifs is 1. The highest BCUT2D eigenvalue weighted by atomic mass is 19.3. The van der Waals surface area contributed by atoms with Crippen molar-refractivity contribution >= 4 is 40.3 Å². The molecule has 3 N–H and O–H groups in total. The van der Waals surface area contributed by atoms with Gasteiger partial charge in [-0.05, 0) is 105 Å². The number of nitrogens with one attached hydrogen (secondary N) is 3. The summed E-state index contributed by atoms with van der Waals surface area (Å²) in [6.45, 7) is 2.88. The maximum atomic E-state index is 14.0.